The van der Waals surface area contributed by atoms with Crippen molar-refractivity contribution in [1.29, 1.82) is 0 Å². The maximum atomic E-state index is 10.4. The number of hydrogen-bond acceptors (Lipinski definition) is 2. The molecule has 0 spiro atoms. The Bertz CT molecular complexity index is 314. The highest BCUT2D eigenvalue weighted by Gasteiger charge is 1.99. The zero-order valence-corrected chi connectivity index (χ0v) is 8.05. The number of nitrogens with zero attached hydrogens (tertiary/aromatic N) is 1. The van der Waals surface area contributed by atoms with E-state index in [2.05, 4.69) is 26.2 Å². The number of anilines is 1. The van der Waals surface area contributed by atoms with Crippen LogP contribution in [-0.4, -0.2) is 11.0 Å². The number of halogens is 1. The molecule has 0 saturated carbocycles. The van der Waals surface area contributed by atoms with E-state index in [0.717, 1.165) is 10.0 Å². The van der Waals surface area contributed by atoms with E-state index in [1.165, 1.54) is 0 Å². The van der Waals surface area contributed by atoms with Gasteiger partial charge in [0.25, 0.3) is 0 Å². The van der Waals surface area contributed by atoms with E-state index in [4.69, 9.17) is 5.73 Å². The molecule has 2 amide bonds. The Balaban J connectivity index is 2.89. The highest BCUT2D eigenvalue weighted by atomic mass is 79.9. The molecule has 0 aromatic carbocycles. The standard InChI is InChI=1S/C7H8BrN3O/c1-4-2-6(11-7(9)12)10-3-5(4)8/h2-3H,1H3,(H3,9,10,11,12). The summed E-state index contributed by atoms with van der Waals surface area (Å²) in [5.74, 6) is 0.461. The number of hydrogen-bond donors (Lipinski definition) is 2. The molecular weight excluding hydrogens is 222 g/mol. The minimum absolute atomic E-state index is 0.461. The summed E-state index contributed by atoms with van der Waals surface area (Å²) in [7, 11) is 0. The number of aryl methyl sites for hydroxylation is 1. The molecule has 4 nitrogen and oxygen atoms in total. The second kappa shape index (κ2) is 3.53. The molecule has 1 aromatic rings. The summed E-state index contributed by atoms with van der Waals surface area (Å²) in [4.78, 5) is 14.3. The molecule has 0 aliphatic rings. The van der Waals surface area contributed by atoms with Crippen LogP contribution in [0.5, 0.6) is 0 Å². The Morgan fingerprint density at radius 2 is 2.42 bits per heavy atom. The second-order valence-electron chi connectivity index (χ2n) is 2.31. The molecule has 1 heterocycles. The van der Waals surface area contributed by atoms with E-state index in [9.17, 15) is 4.79 Å². The lowest BCUT2D eigenvalue weighted by atomic mass is 10.3. The number of amides is 2. The third-order valence-electron chi connectivity index (χ3n) is 1.30. The molecule has 0 saturated heterocycles. The van der Waals surface area contributed by atoms with Gasteiger partial charge in [-0.1, -0.05) is 0 Å². The first kappa shape index (κ1) is 8.99. The molecule has 0 atom stereocenters. The van der Waals surface area contributed by atoms with Gasteiger partial charge in [0.2, 0.25) is 0 Å². The average molecular weight is 230 g/mol. The normalized spacial score (nSPS) is 9.50. The Morgan fingerprint density at radius 3 is 2.92 bits per heavy atom. The molecule has 5 heteroatoms. The van der Waals surface area contributed by atoms with Crippen LogP contribution in [-0.2, 0) is 0 Å². The largest absolute Gasteiger partial charge is 0.351 e. The molecule has 0 radical (unpaired) electrons. The van der Waals surface area contributed by atoms with Gasteiger partial charge in [0.05, 0.1) is 0 Å². The predicted molar refractivity (Wildman–Crippen MR) is 49.9 cm³/mol. The first-order chi connectivity index (χ1) is 5.59. The fourth-order valence-corrected chi connectivity index (χ4v) is 0.951. The number of carbonyl (C=O) groups excluding carboxylic acids is 1. The molecule has 0 unspecified atom stereocenters. The van der Waals surface area contributed by atoms with E-state index in [0.29, 0.717) is 5.82 Å². The summed E-state index contributed by atoms with van der Waals surface area (Å²) in [6.07, 6.45) is 1.61. The van der Waals surface area contributed by atoms with Crippen molar-refractivity contribution in [2.75, 3.05) is 5.32 Å². The van der Waals surface area contributed by atoms with Gasteiger partial charge in [-0.3, -0.25) is 5.32 Å². The van der Waals surface area contributed by atoms with Gasteiger partial charge in [-0.2, -0.15) is 0 Å². The number of primary amides is 1. The molecule has 64 valence electrons. The minimum atomic E-state index is -0.607. The SMILES string of the molecule is Cc1cc(NC(N)=O)ncc1Br. The van der Waals surface area contributed by atoms with Crippen LogP contribution in [0.4, 0.5) is 10.6 Å². The Hall–Kier alpha value is -1.10. The highest BCUT2D eigenvalue weighted by molar-refractivity contribution is 9.10. The maximum Gasteiger partial charge on any atom is 0.317 e. The summed E-state index contributed by atoms with van der Waals surface area (Å²) in [6, 6.07) is 1.12. The molecule has 1 aromatic heterocycles. The lowest BCUT2D eigenvalue weighted by molar-refractivity contribution is 0.259. The van der Waals surface area contributed by atoms with Crippen LogP contribution in [0.25, 0.3) is 0 Å². The first-order valence-corrected chi connectivity index (χ1v) is 4.07. The zero-order chi connectivity index (χ0) is 9.14. The number of aromatic nitrogens is 1. The van der Waals surface area contributed by atoms with Crippen molar-refractivity contribution < 1.29 is 4.79 Å². The van der Waals surface area contributed by atoms with E-state index >= 15 is 0 Å². The third-order valence-corrected chi connectivity index (χ3v) is 2.13. The van der Waals surface area contributed by atoms with Crippen LogP contribution in [0.15, 0.2) is 16.7 Å². The molecule has 0 fully saturated rings. The lowest BCUT2D eigenvalue weighted by Crippen LogP contribution is -2.19. The van der Waals surface area contributed by atoms with Gasteiger partial charge in [0, 0.05) is 10.7 Å². The van der Waals surface area contributed by atoms with Crippen molar-refractivity contribution in [2.24, 2.45) is 5.73 Å². The first-order valence-electron chi connectivity index (χ1n) is 3.28. The number of carbonyl (C=O) groups is 1. The second-order valence-corrected chi connectivity index (χ2v) is 3.16. The van der Waals surface area contributed by atoms with Crippen molar-refractivity contribution in [3.05, 3.63) is 22.3 Å². The molecule has 12 heavy (non-hydrogen) atoms. The van der Waals surface area contributed by atoms with Gasteiger partial charge < -0.3 is 5.73 Å². The number of rotatable bonds is 1. The molecular formula is C7H8BrN3O. The van der Waals surface area contributed by atoms with Crippen LogP contribution in [0, 0.1) is 6.92 Å². The maximum absolute atomic E-state index is 10.4. The van der Waals surface area contributed by atoms with E-state index in [1.54, 1.807) is 12.3 Å². The third kappa shape index (κ3) is 2.20. The number of nitrogens with one attached hydrogen (secondary N) is 1. The zero-order valence-electron chi connectivity index (χ0n) is 6.47. The van der Waals surface area contributed by atoms with Crippen molar-refractivity contribution >= 4 is 27.8 Å². The van der Waals surface area contributed by atoms with Gasteiger partial charge in [0.15, 0.2) is 0 Å². The predicted octanol–water partition coefficient (Wildman–Crippen LogP) is 1.64. The Kier molecular flexibility index (Phi) is 2.65. The van der Waals surface area contributed by atoms with Crippen LogP contribution >= 0.6 is 15.9 Å². The smallest absolute Gasteiger partial charge is 0.317 e. The quantitative estimate of drug-likeness (QED) is 0.769. The monoisotopic (exact) mass is 229 g/mol. The highest BCUT2D eigenvalue weighted by Crippen LogP contribution is 2.16. The lowest BCUT2D eigenvalue weighted by Gasteiger charge is -2.02. The summed E-state index contributed by atoms with van der Waals surface area (Å²) < 4.78 is 0.900. The summed E-state index contributed by atoms with van der Waals surface area (Å²) in [5, 5.41) is 2.38. The van der Waals surface area contributed by atoms with Gasteiger partial charge in [0.1, 0.15) is 5.82 Å². The average Bonchev–Trinajstić information content (AvgIpc) is 1.96. The van der Waals surface area contributed by atoms with Gasteiger partial charge in [-0.15, -0.1) is 0 Å². The Morgan fingerprint density at radius 1 is 1.75 bits per heavy atom. The summed E-state index contributed by atoms with van der Waals surface area (Å²) >= 11 is 3.29. The van der Waals surface area contributed by atoms with Gasteiger partial charge in [-0.05, 0) is 34.5 Å². The van der Waals surface area contributed by atoms with Crippen LogP contribution in [0.3, 0.4) is 0 Å². The van der Waals surface area contributed by atoms with Crippen LogP contribution < -0.4 is 11.1 Å². The molecule has 0 bridgehead atoms. The van der Waals surface area contributed by atoms with E-state index < -0.39 is 6.03 Å². The minimum Gasteiger partial charge on any atom is -0.351 e. The van der Waals surface area contributed by atoms with Crippen LogP contribution in [0.1, 0.15) is 5.56 Å². The van der Waals surface area contributed by atoms with Gasteiger partial charge in [-0.25, -0.2) is 9.78 Å². The van der Waals surface area contributed by atoms with Crippen molar-refractivity contribution in [1.82, 2.24) is 4.98 Å². The topological polar surface area (TPSA) is 68.0 Å². The van der Waals surface area contributed by atoms with E-state index in [-0.39, 0.29) is 0 Å². The van der Waals surface area contributed by atoms with Crippen LogP contribution in [0.2, 0.25) is 0 Å². The fraction of sp³-hybridized carbons (Fsp3) is 0.143. The number of pyridine rings is 1. The molecule has 0 aliphatic heterocycles. The molecule has 1 rings (SSSR count). The van der Waals surface area contributed by atoms with Crippen molar-refractivity contribution in [3.8, 4) is 0 Å². The Labute approximate surface area is 78.3 Å². The van der Waals surface area contributed by atoms with Crippen molar-refractivity contribution in [3.63, 3.8) is 0 Å². The number of urea groups is 1. The summed E-state index contributed by atoms with van der Waals surface area (Å²) in [5.41, 5.74) is 5.91. The molecule has 0 aliphatic carbocycles. The van der Waals surface area contributed by atoms with E-state index in [1.807, 2.05) is 6.92 Å². The summed E-state index contributed by atoms with van der Waals surface area (Å²) in [6.45, 7) is 1.90. The fourth-order valence-electron chi connectivity index (χ4n) is 0.734. The number of nitrogens with two attached hydrogens (primary N) is 1. The molecule has 3 N–H and O–H groups in total. The van der Waals surface area contributed by atoms with Crippen molar-refractivity contribution in [2.45, 2.75) is 6.92 Å². The van der Waals surface area contributed by atoms with Gasteiger partial charge >= 0.3 is 6.03 Å².